The van der Waals surface area contributed by atoms with E-state index in [2.05, 4.69) is 27.9 Å². The molecule has 3 aromatic rings. The third-order valence-electron chi connectivity index (χ3n) is 4.36. The summed E-state index contributed by atoms with van der Waals surface area (Å²) < 4.78 is 12.1. The van der Waals surface area contributed by atoms with Gasteiger partial charge in [0.25, 0.3) is 5.91 Å². The molecule has 0 saturated heterocycles. The largest absolute Gasteiger partial charge is 0.497 e. The first-order valence-corrected chi connectivity index (χ1v) is 9.25. The second kappa shape index (κ2) is 6.68. The minimum atomic E-state index is -0.419. The quantitative estimate of drug-likeness (QED) is 0.561. The van der Waals surface area contributed by atoms with E-state index in [4.69, 9.17) is 9.15 Å². The lowest BCUT2D eigenvalue weighted by atomic mass is 10.1. The van der Waals surface area contributed by atoms with Gasteiger partial charge in [0.2, 0.25) is 0 Å². The van der Waals surface area contributed by atoms with Crippen molar-refractivity contribution in [3.8, 4) is 5.75 Å². The lowest BCUT2D eigenvalue weighted by Gasteiger charge is -2.36. The van der Waals surface area contributed by atoms with Crippen LogP contribution in [0.2, 0.25) is 0 Å². The summed E-state index contributed by atoms with van der Waals surface area (Å²) in [5.74, 6) is 2.17. The predicted octanol–water partition coefficient (Wildman–Crippen LogP) is 4.97. The van der Waals surface area contributed by atoms with Gasteiger partial charge in [0.05, 0.1) is 12.7 Å². The van der Waals surface area contributed by atoms with Crippen LogP contribution in [0.15, 0.2) is 59.0 Å². The number of fused-ring (bicyclic) bond motifs is 1. The molecule has 0 fully saturated rings. The van der Waals surface area contributed by atoms with Crippen molar-refractivity contribution < 1.29 is 13.9 Å². The van der Waals surface area contributed by atoms with Gasteiger partial charge in [0.1, 0.15) is 17.3 Å². The molecule has 0 saturated carbocycles. The fourth-order valence-electron chi connectivity index (χ4n) is 3.09. The average molecular weight is 460 g/mol. The molecule has 0 aliphatic carbocycles. The number of methoxy groups -OCH3 is 1. The molecular weight excluding hydrogens is 443 g/mol. The highest BCUT2D eigenvalue weighted by atomic mass is 127. The van der Waals surface area contributed by atoms with Crippen molar-refractivity contribution in [3.63, 3.8) is 0 Å². The summed E-state index contributed by atoms with van der Waals surface area (Å²) in [5, 5.41) is 3.44. The standard InChI is InChI=1S/C20H17IN2O3/c1-12-3-10-18(26-12)19-22-17-9-4-13(21)11-16(17)20(24)23(19)14-5-7-15(25-2)8-6-14/h3-11,19,22H,1-2H3. The third kappa shape index (κ3) is 2.94. The van der Waals surface area contributed by atoms with Crippen molar-refractivity contribution in [1.29, 1.82) is 0 Å². The molecule has 2 aromatic carbocycles. The Kier molecular flexibility index (Phi) is 4.36. The number of ether oxygens (including phenoxy) is 1. The van der Waals surface area contributed by atoms with Crippen LogP contribution < -0.4 is 15.0 Å². The van der Waals surface area contributed by atoms with Crippen LogP contribution in [0, 0.1) is 10.5 Å². The zero-order valence-corrected chi connectivity index (χ0v) is 16.5. The molecule has 5 nitrogen and oxygen atoms in total. The van der Waals surface area contributed by atoms with Gasteiger partial charge in [0.15, 0.2) is 6.17 Å². The van der Waals surface area contributed by atoms with E-state index in [0.717, 1.165) is 26.5 Å². The number of hydrogen-bond acceptors (Lipinski definition) is 4. The maximum Gasteiger partial charge on any atom is 0.262 e. The number of furan rings is 1. The molecule has 2 heterocycles. The van der Waals surface area contributed by atoms with Gasteiger partial charge in [-0.05, 0) is 84.1 Å². The Balaban J connectivity index is 1.84. The lowest BCUT2D eigenvalue weighted by Crippen LogP contribution is -2.43. The molecule has 0 radical (unpaired) electrons. The fourth-order valence-corrected chi connectivity index (χ4v) is 3.58. The molecular formula is C20H17IN2O3. The van der Waals surface area contributed by atoms with Gasteiger partial charge in [-0.2, -0.15) is 0 Å². The van der Waals surface area contributed by atoms with E-state index >= 15 is 0 Å². The molecule has 1 amide bonds. The highest BCUT2D eigenvalue weighted by Crippen LogP contribution is 2.38. The van der Waals surface area contributed by atoms with E-state index < -0.39 is 6.17 Å². The number of carbonyl (C=O) groups excluding carboxylic acids is 1. The Morgan fingerprint density at radius 1 is 1.12 bits per heavy atom. The van der Waals surface area contributed by atoms with Crippen LogP contribution in [0.5, 0.6) is 5.75 Å². The molecule has 1 aromatic heterocycles. The number of benzene rings is 2. The topological polar surface area (TPSA) is 54.7 Å². The molecule has 4 rings (SSSR count). The highest BCUT2D eigenvalue weighted by molar-refractivity contribution is 14.1. The highest BCUT2D eigenvalue weighted by Gasteiger charge is 2.35. The number of carbonyl (C=O) groups is 1. The van der Waals surface area contributed by atoms with Crippen LogP contribution in [-0.2, 0) is 0 Å². The SMILES string of the molecule is COc1ccc(N2C(=O)c3cc(I)ccc3NC2c2ccc(C)o2)cc1. The minimum Gasteiger partial charge on any atom is -0.497 e. The molecule has 0 spiro atoms. The average Bonchev–Trinajstić information content (AvgIpc) is 3.08. The smallest absolute Gasteiger partial charge is 0.262 e. The molecule has 6 heteroatoms. The van der Waals surface area contributed by atoms with E-state index in [1.807, 2.05) is 61.5 Å². The number of nitrogens with zero attached hydrogens (tertiary/aromatic N) is 1. The van der Waals surface area contributed by atoms with Crippen LogP contribution in [0.4, 0.5) is 11.4 Å². The van der Waals surface area contributed by atoms with Crippen molar-refractivity contribution in [2.75, 3.05) is 17.3 Å². The molecule has 1 atom stereocenters. The number of nitrogens with one attached hydrogen (secondary N) is 1. The van der Waals surface area contributed by atoms with Gasteiger partial charge in [-0.1, -0.05) is 0 Å². The number of hydrogen-bond donors (Lipinski definition) is 1. The Labute approximate surface area is 165 Å². The summed E-state index contributed by atoms with van der Waals surface area (Å²) in [4.78, 5) is 15.0. The Morgan fingerprint density at radius 2 is 1.88 bits per heavy atom. The predicted molar refractivity (Wildman–Crippen MR) is 109 cm³/mol. The second-order valence-corrected chi connectivity index (χ2v) is 7.30. The summed E-state index contributed by atoms with van der Waals surface area (Å²) in [6, 6.07) is 17.0. The van der Waals surface area contributed by atoms with Gasteiger partial charge in [-0.15, -0.1) is 0 Å². The molecule has 1 aliphatic rings. The van der Waals surface area contributed by atoms with Crippen LogP contribution in [0.25, 0.3) is 0 Å². The summed E-state index contributed by atoms with van der Waals surface area (Å²) in [6.45, 7) is 1.89. The lowest BCUT2D eigenvalue weighted by molar-refractivity contribution is 0.0971. The van der Waals surface area contributed by atoms with Crippen LogP contribution in [0.3, 0.4) is 0 Å². The number of amides is 1. The fraction of sp³-hybridized carbons (Fsp3) is 0.150. The van der Waals surface area contributed by atoms with Gasteiger partial charge >= 0.3 is 0 Å². The van der Waals surface area contributed by atoms with E-state index in [1.54, 1.807) is 12.0 Å². The molecule has 1 N–H and O–H groups in total. The molecule has 132 valence electrons. The van der Waals surface area contributed by atoms with Gasteiger partial charge in [-0.25, -0.2) is 0 Å². The summed E-state index contributed by atoms with van der Waals surface area (Å²) >= 11 is 2.21. The second-order valence-electron chi connectivity index (χ2n) is 6.06. The Morgan fingerprint density at radius 3 is 2.54 bits per heavy atom. The minimum absolute atomic E-state index is 0.0681. The van der Waals surface area contributed by atoms with Crippen LogP contribution in [0.1, 0.15) is 28.0 Å². The maximum absolute atomic E-state index is 13.3. The van der Waals surface area contributed by atoms with Gasteiger partial charge in [0, 0.05) is 14.9 Å². The first kappa shape index (κ1) is 17.0. The summed E-state index contributed by atoms with van der Waals surface area (Å²) in [5.41, 5.74) is 2.22. The normalized spacial score (nSPS) is 16.2. The zero-order valence-electron chi connectivity index (χ0n) is 14.3. The van der Waals surface area contributed by atoms with Crippen molar-refractivity contribution in [2.45, 2.75) is 13.1 Å². The Hall–Kier alpha value is -2.48. The number of aryl methyl sites for hydroxylation is 1. The van der Waals surface area contributed by atoms with Crippen molar-refractivity contribution >= 4 is 39.9 Å². The summed E-state index contributed by atoms with van der Waals surface area (Å²) in [6.07, 6.45) is -0.419. The van der Waals surface area contributed by atoms with Gasteiger partial charge < -0.3 is 14.5 Å². The molecule has 1 unspecified atom stereocenters. The zero-order chi connectivity index (χ0) is 18.3. The van der Waals surface area contributed by atoms with E-state index in [0.29, 0.717) is 11.3 Å². The van der Waals surface area contributed by atoms with Gasteiger partial charge in [-0.3, -0.25) is 9.69 Å². The maximum atomic E-state index is 13.3. The number of rotatable bonds is 3. The van der Waals surface area contributed by atoms with Crippen molar-refractivity contribution in [1.82, 2.24) is 0 Å². The monoisotopic (exact) mass is 460 g/mol. The van der Waals surface area contributed by atoms with E-state index in [1.165, 1.54) is 0 Å². The van der Waals surface area contributed by atoms with Crippen LogP contribution in [-0.4, -0.2) is 13.0 Å². The van der Waals surface area contributed by atoms with Crippen molar-refractivity contribution in [3.05, 3.63) is 75.3 Å². The Bertz CT molecular complexity index is 965. The van der Waals surface area contributed by atoms with Crippen molar-refractivity contribution in [2.24, 2.45) is 0 Å². The molecule has 0 bridgehead atoms. The molecule has 1 aliphatic heterocycles. The van der Waals surface area contributed by atoms with Crippen LogP contribution >= 0.6 is 22.6 Å². The number of anilines is 2. The van der Waals surface area contributed by atoms with E-state index in [-0.39, 0.29) is 5.91 Å². The number of halogens is 1. The van der Waals surface area contributed by atoms with E-state index in [9.17, 15) is 4.79 Å². The molecule has 26 heavy (non-hydrogen) atoms. The first-order valence-electron chi connectivity index (χ1n) is 8.17. The first-order chi connectivity index (χ1) is 12.6. The summed E-state index contributed by atoms with van der Waals surface area (Å²) in [7, 11) is 1.62. The third-order valence-corrected chi connectivity index (χ3v) is 5.03.